The van der Waals surface area contributed by atoms with E-state index >= 15 is 0 Å². The Balaban J connectivity index is 1.63. The molecule has 0 aliphatic carbocycles. The highest BCUT2D eigenvalue weighted by molar-refractivity contribution is 7.99. The molecule has 0 saturated carbocycles. The highest BCUT2D eigenvalue weighted by atomic mass is 32.2. The number of fused-ring (bicyclic) bond motifs is 1. The fourth-order valence-corrected chi connectivity index (χ4v) is 4.75. The number of hydrogen-bond donors (Lipinski definition) is 1. The maximum Gasteiger partial charge on any atom is 0.237 e. The molecule has 1 N–H and O–H groups in total. The molecule has 4 heteroatoms. The van der Waals surface area contributed by atoms with Crippen LogP contribution in [-0.2, 0) is 10.5 Å². The molecule has 1 heterocycles. The van der Waals surface area contributed by atoms with Gasteiger partial charge in [0.15, 0.2) is 0 Å². The Hall–Kier alpha value is -2.33. The van der Waals surface area contributed by atoms with Crippen LogP contribution in [0.25, 0.3) is 10.8 Å². The van der Waals surface area contributed by atoms with Crippen LogP contribution >= 0.6 is 11.8 Å². The minimum absolute atomic E-state index is 0.0477. The van der Waals surface area contributed by atoms with Crippen molar-refractivity contribution in [1.29, 1.82) is 0 Å². The first-order chi connectivity index (χ1) is 14.8. The predicted molar refractivity (Wildman–Crippen MR) is 130 cm³/mol. The lowest BCUT2D eigenvalue weighted by Crippen LogP contribution is -2.25. The largest absolute Gasteiger partial charge is 0.325 e. The van der Waals surface area contributed by atoms with E-state index in [1.807, 2.05) is 36.5 Å². The second-order valence-electron chi connectivity index (χ2n) is 7.73. The van der Waals surface area contributed by atoms with E-state index in [1.165, 1.54) is 37.7 Å². The summed E-state index contributed by atoms with van der Waals surface area (Å²) in [6.07, 6.45) is 12.0. The number of benzene rings is 2. The van der Waals surface area contributed by atoms with E-state index < -0.39 is 0 Å². The zero-order valence-electron chi connectivity index (χ0n) is 17.8. The standard InChI is InChI=1S/C26H32N2OS/c1-2-3-4-5-6-10-16-25(30-20-21-12-8-7-9-13-21)26(29)28-24-15-11-14-22-19-27-18-17-23(22)24/h7-9,11-15,17-19,25H,2-6,10,16,20H2,1H3,(H,28,29). The number of thioether (sulfide) groups is 1. The summed E-state index contributed by atoms with van der Waals surface area (Å²) in [5.74, 6) is 0.961. The Morgan fingerprint density at radius 1 is 0.967 bits per heavy atom. The Morgan fingerprint density at radius 3 is 2.60 bits per heavy atom. The number of amides is 1. The summed E-state index contributed by atoms with van der Waals surface area (Å²) in [7, 11) is 0. The molecule has 1 amide bonds. The van der Waals surface area contributed by atoms with Crippen molar-refractivity contribution in [3.63, 3.8) is 0 Å². The van der Waals surface area contributed by atoms with Gasteiger partial charge in [-0.2, -0.15) is 0 Å². The number of pyridine rings is 1. The number of unbranched alkanes of at least 4 members (excludes halogenated alkanes) is 5. The van der Waals surface area contributed by atoms with Crippen LogP contribution in [0.4, 0.5) is 5.69 Å². The van der Waals surface area contributed by atoms with Crippen LogP contribution in [0.3, 0.4) is 0 Å². The maximum absolute atomic E-state index is 13.2. The van der Waals surface area contributed by atoms with Crippen molar-refractivity contribution in [3.05, 3.63) is 72.6 Å². The maximum atomic E-state index is 13.2. The minimum Gasteiger partial charge on any atom is -0.325 e. The number of nitrogens with one attached hydrogen (secondary N) is 1. The van der Waals surface area contributed by atoms with Gasteiger partial charge >= 0.3 is 0 Å². The van der Waals surface area contributed by atoms with E-state index in [9.17, 15) is 4.79 Å². The lowest BCUT2D eigenvalue weighted by Gasteiger charge is -2.17. The number of nitrogens with zero attached hydrogens (tertiary/aromatic N) is 1. The highest BCUT2D eigenvalue weighted by Crippen LogP contribution is 2.27. The minimum atomic E-state index is -0.0477. The number of carbonyl (C=O) groups excluding carboxylic acids is 1. The van der Waals surface area contributed by atoms with E-state index in [4.69, 9.17) is 0 Å². The summed E-state index contributed by atoms with van der Waals surface area (Å²) in [5, 5.41) is 5.22. The van der Waals surface area contributed by atoms with Gasteiger partial charge in [-0.1, -0.05) is 87.9 Å². The van der Waals surface area contributed by atoms with Gasteiger partial charge in [-0.15, -0.1) is 11.8 Å². The number of aromatic nitrogens is 1. The smallest absolute Gasteiger partial charge is 0.237 e. The fraction of sp³-hybridized carbons (Fsp3) is 0.385. The lowest BCUT2D eigenvalue weighted by atomic mass is 10.1. The third-order valence-corrected chi connectivity index (χ3v) is 6.70. The fourth-order valence-electron chi connectivity index (χ4n) is 3.62. The van der Waals surface area contributed by atoms with Gasteiger partial charge in [0.05, 0.1) is 5.25 Å². The third-order valence-electron chi connectivity index (χ3n) is 5.34. The van der Waals surface area contributed by atoms with Crippen molar-refractivity contribution in [2.75, 3.05) is 5.32 Å². The molecular formula is C26H32N2OS. The number of anilines is 1. The first-order valence-corrected chi connectivity index (χ1v) is 12.1. The van der Waals surface area contributed by atoms with Crippen LogP contribution in [0.15, 0.2) is 67.0 Å². The molecule has 30 heavy (non-hydrogen) atoms. The second-order valence-corrected chi connectivity index (χ2v) is 8.92. The highest BCUT2D eigenvalue weighted by Gasteiger charge is 2.19. The van der Waals surface area contributed by atoms with Crippen LogP contribution < -0.4 is 5.32 Å². The van der Waals surface area contributed by atoms with E-state index in [0.29, 0.717) is 0 Å². The second kappa shape index (κ2) is 12.4. The van der Waals surface area contributed by atoms with E-state index in [0.717, 1.165) is 35.1 Å². The molecule has 1 unspecified atom stereocenters. The molecule has 1 aromatic heterocycles. The number of carbonyl (C=O) groups is 1. The van der Waals surface area contributed by atoms with Gasteiger partial charge in [0.1, 0.15) is 0 Å². The zero-order valence-corrected chi connectivity index (χ0v) is 18.7. The molecule has 3 nitrogen and oxygen atoms in total. The summed E-state index contributed by atoms with van der Waals surface area (Å²) < 4.78 is 0. The zero-order chi connectivity index (χ0) is 21.0. The van der Waals surface area contributed by atoms with Crippen LogP contribution in [0.2, 0.25) is 0 Å². The molecule has 1 atom stereocenters. The molecule has 158 valence electrons. The average molecular weight is 421 g/mol. The van der Waals surface area contributed by atoms with Crippen LogP contribution in [-0.4, -0.2) is 16.1 Å². The molecule has 0 aliphatic rings. The summed E-state index contributed by atoms with van der Waals surface area (Å²) in [6, 6.07) is 18.3. The summed E-state index contributed by atoms with van der Waals surface area (Å²) in [4.78, 5) is 17.4. The Labute approximate surface area is 184 Å². The molecule has 0 spiro atoms. The van der Waals surface area contributed by atoms with Gasteiger partial charge in [-0.3, -0.25) is 9.78 Å². The lowest BCUT2D eigenvalue weighted by molar-refractivity contribution is -0.115. The van der Waals surface area contributed by atoms with Crippen molar-refractivity contribution < 1.29 is 4.79 Å². The van der Waals surface area contributed by atoms with Gasteiger partial charge in [0, 0.05) is 34.6 Å². The van der Waals surface area contributed by atoms with Gasteiger partial charge < -0.3 is 5.32 Å². The summed E-state index contributed by atoms with van der Waals surface area (Å²) in [6.45, 7) is 2.24. The summed E-state index contributed by atoms with van der Waals surface area (Å²) in [5.41, 5.74) is 2.13. The Kier molecular flexibility index (Phi) is 9.23. The number of hydrogen-bond acceptors (Lipinski definition) is 3. The molecule has 0 saturated heterocycles. The van der Waals surface area contributed by atoms with Crippen molar-refractivity contribution in [2.24, 2.45) is 0 Å². The molecule has 0 radical (unpaired) electrons. The molecule has 3 aromatic rings. The number of rotatable bonds is 12. The first kappa shape index (κ1) is 22.4. The van der Waals surface area contributed by atoms with Crippen LogP contribution in [0, 0.1) is 0 Å². The third kappa shape index (κ3) is 6.88. The van der Waals surface area contributed by atoms with Crippen molar-refractivity contribution in [3.8, 4) is 0 Å². The average Bonchev–Trinajstić information content (AvgIpc) is 2.79. The van der Waals surface area contributed by atoms with Gasteiger partial charge in [-0.25, -0.2) is 0 Å². The molecule has 2 aromatic carbocycles. The molecule has 0 bridgehead atoms. The van der Waals surface area contributed by atoms with Crippen molar-refractivity contribution >= 4 is 34.1 Å². The van der Waals surface area contributed by atoms with Gasteiger partial charge in [0.25, 0.3) is 0 Å². The molecule has 0 fully saturated rings. The Bertz CT molecular complexity index is 908. The molecular weight excluding hydrogens is 388 g/mol. The quantitative estimate of drug-likeness (QED) is 0.314. The van der Waals surface area contributed by atoms with Crippen LogP contribution in [0.1, 0.15) is 57.4 Å². The van der Waals surface area contributed by atoms with E-state index in [2.05, 4.69) is 41.5 Å². The topological polar surface area (TPSA) is 42.0 Å². The van der Waals surface area contributed by atoms with Crippen molar-refractivity contribution in [1.82, 2.24) is 4.98 Å². The summed E-state index contributed by atoms with van der Waals surface area (Å²) >= 11 is 1.75. The van der Waals surface area contributed by atoms with Crippen LogP contribution in [0.5, 0.6) is 0 Å². The van der Waals surface area contributed by atoms with E-state index in [-0.39, 0.29) is 11.2 Å². The Morgan fingerprint density at radius 2 is 1.77 bits per heavy atom. The van der Waals surface area contributed by atoms with Gasteiger partial charge in [0.2, 0.25) is 5.91 Å². The normalized spacial score (nSPS) is 12.0. The van der Waals surface area contributed by atoms with Crippen molar-refractivity contribution in [2.45, 2.75) is 62.9 Å². The predicted octanol–water partition coefficient (Wildman–Crippen LogP) is 7.23. The SMILES string of the molecule is CCCCCCCCC(SCc1ccccc1)C(=O)Nc1cccc2cnccc12. The first-order valence-electron chi connectivity index (χ1n) is 11.1. The molecule has 3 rings (SSSR count). The van der Waals surface area contributed by atoms with Gasteiger partial charge in [-0.05, 0) is 24.1 Å². The monoisotopic (exact) mass is 420 g/mol. The molecule has 0 aliphatic heterocycles. The van der Waals surface area contributed by atoms with E-state index in [1.54, 1.807) is 18.0 Å².